The molecule has 2 heteroatoms. The summed E-state index contributed by atoms with van der Waals surface area (Å²) in [5.74, 6) is 3.58. The molecule has 4 rings (SSSR count). The fraction of sp³-hybridized carbons (Fsp3) is 0.667. The summed E-state index contributed by atoms with van der Waals surface area (Å²) in [5, 5.41) is 0. The SMILES string of the molecule is CCCOc1ccc2c(c1)CC[C@@H]1[C@H]3CCC(=O)[C@@]3(C)CC[C@@H]21. The van der Waals surface area contributed by atoms with Gasteiger partial charge >= 0.3 is 0 Å². The molecule has 124 valence electrons. The Morgan fingerprint density at radius 2 is 2.09 bits per heavy atom. The molecule has 0 unspecified atom stereocenters. The van der Waals surface area contributed by atoms with Gasteiger partial charge in [0, 0.05) is 11.8 Å². The summed E-state index contributed by atoms with van der Waals surface area (Å²) in [6.45, 7) is 5.19. The van der Waals surface area contributed by atoms with Gasteiger partial charge in [-0.2, -0.15) is 0 Å². The molecule has 2 saturated carbocycles. The van der Waals surface area contributed by atoms with Gasteiger partial charge in [-0.1, -0.05) is 19.9 Å². The van der Waals surface area contributed by atoms with E-state index in [1.54, 1.807) is 5.56 Å². The molecule has 2 fully saturated rings. The second-order valence-corrected chi connectivity index (χ2v) is 8.04. The van der Waals surface area contributed by atoms with Crippen LogP contribution < -0.4 is 4.74 Å². The summed E-state index contributed by atoms with van der Waals surface area (Å²) in [6.07, 6.45) is 7.68. The van der Waals surface area contributed by atoms with Crippen LogP contribution in [0.15, 0.2) is 18.2 Å². The highest BCUT2D eigenvalue weighted by atomic mass is 16.5. The lowest BCUT2D eigenvalue weighted by atomic mass is 9.55. The van der Waals surface area contributed by atoms with Gasteiger partial charge in [0.2, 0.25) is 0 Å². The topological polar surface area (TPSA) is 26.3 Å². The lowest BCUT2D eigenvalue weighted by Crippen LogP contribution is -2.42. The highest BCUT2D eigenvalue weighted by Gasteiger charge is 2.54. The number of hydrogen-bond donors (Lipinski definition) is 0. The van der Waals surface area contributed by atoms with Crippen molar-refractivity contribution in [1.82, 2.24) is 0 Å². The molecule has 2 nitrogen and oxygen atoms in total. The van der Waals surface area contributed by atoms with E-state index >= 15 is 0 Å². The number of benzene rings is 1. The van der Waals surface area contributed by atoms with E-state index in [0.29, 0.717) is 17.6 Å². The Morgan fingerprint density at radius 1 is 1.22 bits per heavy atom. The van der Waals surface area contributed by atoms with Crippen molar-refractivity contribution < 1.29 is 9.53 Å². The summed E-state index contributed by atoms with van der Waals surface area (Å²) in [4.78, 5) is 12.4. The molecule has 0 amide bonds. The van der Waals surface area contributed by atoms with Gasteiger partial charge in [-0.25, -0.2) is 0 Å². The minimum atomic E-state index is -0.0111. The second-order valence-electron chi connectivity index (χ2n) is 8.04. The number of ether oxygens (including phenoxy) is 1. The third-order valence-electron chi connectivity index (χ3n) is 6.88. The molecule has 1 aromatic rings. The molecule has 0 N–H and O–H groups in total. The normalized spacial score (nSPS) is 35.4. The Bertz CT molecular complexity index is 620. The molecule has 0 aromatic heterocycles. The van der Waals surface area contributed by atoms with Crippen molar-refractivity contribution in [3.05, 3.63) is 29.3 Å². The first-order valence-corrected chi connectivity index (χ1v) is 9.42. The maximum Gasteiger partial charge on any atom is 0.139 e. The van der Waals surface area contributed by atoms with Crippen LogP contribution in [-0.4, -0.2) is 12.4 Å². The molecule has 0 spiro atoms. The molecule has 0 aliphatic heterocycles. The van der Waals surface area contributed by atoms with Gasteiger partial charge in [-0.3, -0.25) is 4.79 Å². The van der Waals surface area contributed by atoms with Crippen molar-refractivity contribution in [2.75, 3.05) is 6.61 Å². The maximum absolute atomic E-state index is 12.4. The van der Waals surface area contributed by atoms with E-state index in [0.717, 1.165) is 50.4 Å². The quantitative estimate of drug-likeness (QED) is 0.793. The summed E-state index contributed by atoms with van der Waals surface area (Å²) < 4.78 is 5.81. The summed E-state index contributed by atoms with van der Waals surface area (Å²) >= 11 is 0. The molecule has 3 aliphatic rings. The van der Waals surface area contributed by atoms with Crippen molar-refractivity contribution in [3.63, 3.8) is 0 Å². The maximum atomic E-state index is 12.4. The van der Waals surface area contributed by atoms with Crippen LogP contribution in [0.1, 0.15) is 69.4 Å². The number of Topliss-reactive ketones (excluding diaryl/α,β-unsaturated/α-hetero) is 1. The highest BCUT2D eigenvalue weighted by Crippen LogP contribution is 2.59. The van der Waals surface area contributed by atoms with E-state index in [9.17, 15) is 4.79 Å². The van der Waals surface area contributed by atoms with Gasteiger partial charge in [0.25, 0.3) is 0 Å². The Balaban J connectivity index is 1.61. The average Bonchev–Trinajstić information content (AvgIpc) is 2.88. The predicted molar refractivity (Wildman–Crippen MR) is 91.9 cm³/mol. The highest BCUT2D eigenvalue weighted by molar-refractivity contribution is 5.87. The minimum absolute atomic E-state index is 0.0111. The van der Waals surface area contributed by atoms with Crippen LogP contribution in [0.25, 0.3) is 0 Å². The van der Waals surface area contributed by atoms with Crippen molar-refractivity contribution >= 4 is 5.78 Å². The van der Waals surface area contributed by atoms with E-state index in [-0.39, 0.29) is 5.41 Å². The lowest BCUT2D eigenvalue weighted by Gasteiger charge is -2.48. The zero-order valence-electron chi connectivity index (χ0n) is 14.4. The zero-order valence-corrected chi connectivity index (χ0v) is 14.4. The minimum Gasteiger partial charge on any atom is -0.494 e. The van der Waals surface area contributed by atoms with Crippen LogP contribution in [0, 0.1) is 17.3 Å². The smallest absolute Gasteiger partial charge is 0.139 e. The van der Waals surface area contributed by atoms with Gasteiger partial charge in [-0.15, -0.1) is 0 Å². The van der Waals surface area contributed by atoms with Gasteiger partial charge in [-0.05, 0) is 79.5 Å². The third-order valence-corrected chi connectivity index (χ3v) is 6.88. The standard InChI is InChI=1S/C21H28O2/c1-3-12-23-15-5-7-16-14(13-15)4-6-18-17(16)10-11-21(2)19(18)8-9-20(21)22/h5,7,13,17-19H,3-4,6,8-12H2,1-2H3/t17-,18-,19+,21-/m0/s1. The van der Waals surface area contributed by atoms with Crippen molar-refractivity contribution in [2.45, 2.75) is 64.7 Å². The molecule has 0 radical (unpaired) electrons. The number of rotatable bonds is 3. The van der Waals surface area contributed by atoms with Crippen molar-refractivity contribution in [1.29, 1.82) is 0 Å². The number of hydrogen-bond acceptors (Lipinski definition) is 2. The largest absolute Gasteiger partial charge is 0.494 e. The van der Waals surface area contributed by atoms with E-state index in [1.165, 1.54) is 18.4 Å². The average molecular weight is 312 g/mol. The summed E-state index contributed by atoms with van der Waals surface area (Å²) in [6, 6.07) is 6.75. The van der Waals surface area contributed by atoms with Crippen LogP contribution in [-0.2, 0) is 11.2 Å². The molecule has 3 aliphatic carbocycles. The van der Waals surface area contributed by atoms with E-state index in [4.69, 9.17) is 4.74 Å². The van der Waals surface area contributed by atoms with Crippen LogP contribution >= 0.6 is 0 Å². The zero-order chi connectivity index (χ0) is 16.0. The van der Waals surface area contributed by atoms with Crippen molar-refractivity contribution in [3.8, 4) is 5.75 Å². The summed E-state index contributed by atoms with van der Waals surface area (Å²) in [7, 11) is 0. The Morgan fingerprint density at radius 3 is 2.91 bits per heavy atom. The monoisotopic (exact) mass is 312 g/mol. The van der Waals surface area contributed by atoms with Crippen molar-refractivity contribution in [2.24, 2.45) is 17.3 Å². The first kappa shape index (κ1) is 15.2. The number of carbonyl (C=O) groups excluding carboxylic acids is 1. The van der Waals surface area contributed by atoms with Gasteiger partial charge in [0.1, 0.15) is 11.5 Å². The lowest BCUT2D eigenvalue weighted by molar-refractivity contribution is -0.129. The van der Waals surface area contributed by atoms with Gasteiger partial charge in [0.15, 0.2) is 0 Å². The van der Waals surface area contributed by atoms with Gasteiger partial charge < -0.3 is 4.74 Å². The number of fused-ring (bicyclic) bond motifs is 5. The van der Waals surface area contributed by atoms with Crippen LogP contribution in [0.4, 0.5) is 0 Å². The summed E-state index contributed by atoms with van der Waals surface area (Å²) in [5.41, 5.74) is 3.03. The molecule has 1 aromatic carbocycles. The van der Waals surface area contributed by atoms with Crippen LogP contribution in [0.5, 0.6) is 5.75 Å². The Hall–Kier alpha value is -1.31. The Kier molecular flexibility index (Phi) is 3.74. The molecular weight excluding hydrogens is 284 g/mol. The number of ketones is 1. The van der Waals surface area contributed by atoms with E-state index in [2.05, 4.69) is 32.0 Å². The van der Waals surface area contributed by atoms with Crippen LogP contribution in [0.3, 0.4) is 0 Å². The fourth-order valence-corrected chi connectivity index (χ4v) is 5.64. The second kappa shape index (κ2) is 5.65. The molecule has 0 bridgehead atoms. The molecular formula is C21H28O2. The molecule has 0 saturated heterocycles. The molecule has 0 heterocycles. The third kappa shape index (κ3) is 2.33. The first-order valence-electron chi connectivity index (χ1n) is 9.42. The van der Waals surface area contributed by atoms with E-state index < -0.39 is 0 Å². The number of carbonyl (C=O) groups is 1. The number of aryl methyl sites for hydroxylation is 1. The Labute approximate surface area is 139 Å². The fourth-order valence-electron chi connectivity index (χ4n) is 5.64. The van der Waals surface area contributed by atoms with E-state index in [1.807, 2.05) is 0 Å². The predicted octanol–water partition coefficient (Wildman–Crippen LogP) is 4.90. The molecule has 4 atom stereocenters. The first-order chi connectivity index (χ1) is 11.1. The van der Waals surface area contributed by atoms with Crippen LogP contribution in [0.2, 0.25) is 0 Å². The molecule has 23 heavy (non-hydrogen) atoms. The van der Waals surface area contributed by atoms with Gasteiger partial charge in [0.05, 0.1) is 6.61 Å².